The molecule has 170 valence electrons. The molecule has 0 bridgehead atoms. The summed E-state index contributed by atoms with van der Waals surface area (Å²) < 4.78 is 16.2. The molecule has 1 fully saturated rings. The number of thiazole rings is 1. The molecule has 2 aromatic carbocycles. The molecule has 1 aliphatic heterocycles. The molecule has 1 amide bonds. The number of anilines is 1. The molecule has 4 aromatic rings. The molecule has 33 heavy (non-hydrogen) atoms. The first-order valence-electron chi connectivity index (χ1n) is 11.2. The molecule has 0 radical (unpaired) electrons. The molecule has 8 heteroatoms. The lowest BCUT2D eigenvalue weighted by atomic mass is 10.1. The van der Waals surface area contributed by atoms with E-state index in [1.807, 2.05) is 36.9 Å². The van der Waals surface area contributed by atoms with E-state index in [1.54, 1.807) is 28.2 Å². The monoisotopic (exact) mass is 463 g/mol. The highest BCUT2D eigenvalue weighted by Crippen LogP contribution is 2.33. The van der Waals surface area contributed by atoms with Gasteiger partial charge in [0.15, 0.2) is 10.8 Å². The van der Waals surface area contributed by atoms with E-state index in [4.69, 9.17) is 4.98 Å². The smallest absolute Gasteiger partial charge is 0.227 e. The summed E-state index contributed by atoms with van der Waals surface area (Å²) in [6, 6.07) is 14.4. The van der Waals surface area contributed by atoms with Crippen molar-refractivity contribution in [1.29, 1.82) is 0 Å². The van der Waals surface area contributed by atoms with Crippen LogP contribution in [0.25, 0.3) is 16.0 Å². The third-order valence-electron chi connectivity index (χ3n) is 6.01. The normalized spacial score (nSPS) is 14.6. The van der Waals surface area contributed by atoms with Crippen LogP contribution in [0.1, 0.15) is 23.2 Å². The predicted octanol–water partition coefficient (Wildman–Crippen LogP) is 4.52. The largest absolute Gasteiger partial charge is 0.346 e. The van der Waals surface area contributed by atoms with Gasteiger partial charge in [0.1, 0.15) is 5.82 Å². The SMILES string of the molecule is Cc1cccc(CC(=O)N2CCCN(c3nc4c(s3)c(C)nn4-c3ccc(F)cc3)CC2)c1. The maximum Gasteiger partial charge on any atom is 0.227 e. The van der Waals surface area contributed by atoms with Crippen LogP contribution in [0.4, 0.5) is 9.52 Å². The molecule has 0 unspecified atom stereocenters. The van der Waals surface area contributed by atoms with Gasteiger partial charge in [0, 0.05) is 26.2 Å². The lowest BCUT2D eigenvalue weighted by molar-refractivity contribution is -0.130. The highest BCUT2D eigenvalue weighted by Gasteiger charge is 2.23. The Morgan fingerprint density at radius 3 is 2.67 bits per heavy atom. The molecule has 0 saturated carbocycles. The van der Waals surface area contributed by atoms with Crippen LogP contribution < -0.4 is 4.90 Å². The lowest BCUT2D eigenvalue weighted by Crippen LogP contribution is -2.36. The summed E-state index contributed by atoms with van der Waals surface area (Å²) in [4.78, 5) is 22.0. The maximum absolute atomic E-state index is 13.4. The number of nitrogens with zero attached hydrogens (tertiary/aromatic N) is 5. The molecule has 3 heterocycles. The minimum atomic E-state index is -0.274. The Hall–Kier alpha value is -3.26. The third-order valence-corrected chi connectivity index (χ3v) is 7.22. The van der Waals surface area contributed by atoms with Crippen LogP contribution in [0.5, 0.6) is 0 Å². The Labute approximate surface area is 196 Å². The number of benzene rings is 2. The predicted molar refractivity (Wildman–Crippen MR) is 130 cm³/mol. The fourth-order valence-corrected chi connectivity index (χ4v) is 5.33. The van der Waals surface area contributed by atoms with Crippen LogP contribution in [0.2, 0.25) is 0 Å². The summed E-state index contributed by atoms with van der Waals surface area (Å²) in [6.07, 6.45) is 1.34. The molecular weight excluding hydrogens is 437 g/mol. The molecule has 0 atom stereocenters. The van der Waals surface area contributed by atoms with Gasteiger partial charge in [-0.15, -0.1) is 0 Å². The quantitative estimate of drug-likeness (QED) is 0.447. The van der Waals surface area contributed by atoms with E-state index < -0.39 is 0 Å². The summed E-state index contributed by atoms with van der Waals surface area (Å²) >= 11 is 1.63. The fraction of sp³-hybridized carbons (Fsp3) is 0.320. The van der Waals surface area contributed by atoms with Crippen molar-refractivity contribution in [2.45, 2.75) is 26.7 Å². The first-order valence-corrected chi connectivity index (χ1v) is 12.0. The zero-order valence-corrected chi connectivity index (χ0v) is 19.6. The van der Waals surface area contributed by atoms with E-state index in [0.717, 1.165) is 58.5 Å². The molecule has 5 rings (SSSR count). The molecule has 1 saturated heterocycles. The Kier molecular flexibility index (Phi) is 5.85. The van der Waals surface area contributed by atoms with E-state index >= 15 is 0 Å². The van der Waals surface area contributed by atoms with Crippen molar-refractivity contribution in [2.75, 3.05) is 31.1 Å². The second-order valence-corrected chi connectivity index (χ2v) is 9.49. The Morgan fingerprint density at radius 2 is 1.88 bits per heavy atom. The van der Waals surface area contributed by atoms with Crippen LogP contribution in [0.3, 0.4) is 0 Å². The van der Waals surface area contributed by atoms with E-state index in [-0.39, 0.29) is 11.7 Å². The zero-order chi connectivity index (χ0) is 22.9. The fourth-order valence-electron chi connectivity index (χ4n) is 4.29. The number of amides is 1. The first kappa shape index (κ1) is 21.6. The Balaban J connectivity index is 1.32. The molecule has 0 aliphatic carbocycles. The van der Waals surface area contributed by atoms with E-state index in [9.17, 15) is 9.18 Å². The molecule has 1 aliphatic rings. The first-order chi connectivity index (χ1) is 16.0. The molecular formula is C25H26FN5OS. The number of hydrogen-bond acceptors (Lipinski definition) is 5. The van der Waals surface area contributed by atoms with Crippen LogP contribution in [-0.4, -0.2) is 51.8 Å². The van der Waals surface area contributed by atoms with E-state index in [0.29, 0.717) is 13.0 Å². The molecule has 6 nitrogen and oxygen atoms in total. The van der Waals surface area contributed by atoms with Crippen molar-refractivity contribution in [3.05, 3.63) is 71.2 Å². The van der Waals surface area contributed by atoms with Gasteiger partial charge in [-0.3, -0.25) is 4.79 Å². The number of carbonyl (C=O) groups excluding carboxylic acids is 1. The average molecular weight is 464 g/mol. The van der Waals surface area contributed by atoms with Crippen LogP contribution in [0, 0.1) is 19.7 Å². The van der Waals surface area contributed by atoms with Gasteiger partial charge in [-0.05, 0) is 50.1 Å². The van der Waals surface area contributed by atoms with Gasteiger partial charge in [0.05, 0.1) is 22.5 Å². The highest BCUT2D eigenvalue weighted by molar-refractivity contribution is 7.22. The zero-order valence-electron chi connectivity index (χ0n) is 18.8. The highest BCUT2D eigenvalue weighted by atomic mass is 32.1. The van der Waals surface area contributed by atoms with Gasteiger partial charge < -0.3 is 9.80 Å². The van der Waals surface area contributed by atoms with Crippen LogP contribution in [0.15, 0.2) is 48.5 Å². The summed E-state index contributed by atoms with van der Waals surface area (Å²) in [5, 5.41) is 5.55. The minimum Gasteiger partial charge on any atom is -0.346 e. The number of aromatic nitrogens is 3. The Bertz CT molecular complexity index is 1300. The van der Waals surface area contributed by atoms with Crippen molar-refractivity contribution >= 4 is 32.7 Å². The van der Waals surface area contributed by atoms with Gasteiger partial charge in [0.2, 0.25) is 5.91 Å². The van der Waals surface area contributed by atoms with Gasteiger partial charge in [-0.25, -0.2) is 9.07 Å². The van der Waals surface area contributed by atoms with E-state index in [1.165, 1.54) is 17.7 Å². The van der Waals surface area contributed by atoms with Gasteiger partial charge in [-0.2, -0.15) is 10.1 Å². The van der Waals surface area contributed by atoms with E-state index in [2.05, 4.69) is 16.1 Å². The summed E-state index contributed by atoms with van der Waals surface area (Å²) in [5.41, 5.74) is 4.72. The topological polar surface area (TPSA) is 54.3 Å². The van der Waals surface area contributed by atoms with Crippen molar-refractivity contribution in [3.63, 3.8) is 0 Å². The Morgan fingerprint density at radius 1 is 1.06 bits per heavy atom. The molecule has 0 spiro atoms. The van der Waals surface area contributed by atoms with Gasteiger partial charge in [0.25, 0.3) is 0 Å². The average Bonchev–Trinajstić information content (AvgIpc) is 3.25. The number of halogens is 1. The summed E-state index contributed by atoms with van der Waals surface area (Å²) in [6.45, 7) is 7.06. The summed E-state index contributed by atoms with van der Waals surface area (Å²) in [5.74, 6) is -0.0987. The number of rotatable bonds is 4. The second kappa shape index (κ2) is 8.94. The third kappa shape index (κ3) is 4.48. The number of aryl methyl sites for hydroxylation is 2. The van der Waals surface area contributed by atoms with Gasteiger partial charge >= 0.3 is 0 Å². The number of fused-ring (bicyclic) bond motifs is 1. The molecule has 2 aromatic heterocycles. The number of carbonyl (C=O) groups is 1. The number of hydrogen-bond donors (Lipinski definition) is 0. The van der Waals surface area contributed by atoms with Crippen molar-refractivity contribution in [2.24, 2.45) is 0 Å². The van der Waals surface area contributed by atoms with Crippen molar-refractivity contribution < 1.29 is 9.18 Å². The van der Waals surface area contributed by atoms with Crippen molar-refractivity contribution in [1.82, 2.24) is 19.7 Å². The van der Waals surface area contributed by atoms with Gasteiger partial charge in [-0.1, -0.05) is 41.2 Å². The minimum absolute atomic E-state index is 0.176. The summed E-state index contributed by atoms with van der Waals surface area (Å²) in [7, 11) is 0. The lowest BCUT2D eigenvalue weighted by Gasteiger charge is -2.22. The second-order valence-electron chi connectivity index (χ2n) is 8.51. The standard InChI is InChI=1S/C25H26FN5OS/c1-17-5-3-6-19(15-17)16-22(32)29-11-4-12-30(14-13-29)25-27-24-23(33-25)18(2)28-31(24)21-9-7-20(26)8-10-21/h3,5-10,15H,4,11-14,16H2,1-2H3. The molecule has 0 N–H and O–H groups in total. The van der Waals surface area contributed by atoms with Crippen LogP contribution >= 0.6 is 11.3 Å². The van der Waals surface area contributed by atoms with Crippen LogP contribution in [-0.2, 0) is 11.2 Å². The van der Waals surface area contributed by atoms with Crippen molar-refractivity contribution in [3.8, 4) is 5.69 Å². The maximum atomic E-state index is 13.4.